The second-order valence-electron chi connectivity index (χ2n) is 6.47. The molecule has 0 spiro atoms. The van der Waals surface area contributed by atoms with Crippen molar-refractivity contribution in [2.45, 2.75) is 53.4 Å². The molecule has 1 aliphatic rings. The summed E-state index contributed by atoms with van der Waals surface area (Å²) in [5.41, 5.74) is -0.281. The molecule has 0 radical (unpaired) electrons. The first-order valence-electron chi connectivity index (χ1n) is 7.56. The SMILES string of the molecule is CCCN(C/C=C/C1CC=CCC1)C(=O)C(C)(C)C. The summed E-state index contributed by atoms with van der Waals surface area (Å²) < 4.78 is 0. The maximum absolute atomic E-state index is 12.3. The summed E-state index contributed by atoms with van der Waals surface area (Å²) in [6.07, 6.45) is 13.6. The van der Waals surface area contributed by atoms with Gasteiger partial charge in [-0.25, -0.2) is 0 Å². The number of carbonyl (C=O) groups excluding carboxylic acids is 1. The lowest BCUT2D eigenvalue weighted by Crippen LogP contribution is -2.40. The molecular weight excluding hydrogens is 234 g/mol. The number of nitrogens with zero attached hydrogens (tertiary/aromatic N) is 1. The quantitative estimate of drug-likeness (QED) is 0.681. The van der Waals surface area contributed by atoms with Gasteiger partial charge in [0.25, 0.3) is 0 Å². The summed E-state index contributed by atoms with van der Waals surface area (Å²) in [5.74, 6) is 0.917. The van der Waals surface area contributed by atoms with Crippen LogP contribution in [0.3, 0.4) is 0 Å². The lowest BCUT2D eigenvalue weighted by atomic mass is 9.93. The van der Waals surface area contributed by atoms with Gasteiger partial charge in [0.2, 0.25) is 5.91 Å². The van der Waals surface area contributed by atoms with E-state index in [1.165, 1.54) is 12.8 Å². The van der Waals surface area contributed by atoms with Crippen molar-refractivity contribution < 1.29 is 4.79 Å². The van der Waals surface area contributed by atoms with Gasteiger partial charge in [-0.2, -0.15) is 0 Å². The van der Waals surface area contributed by atoms with Crippen LogP contribution in [0.25, 0.3) is 0 Å². The summed E-state index contributed by atoms with van der Waals surface area (Å²) in [5, 5.41) is 0. The predicted octanol–water partition coefficient (Wildman–Crippen LogP) is 4.18. The van der Waals surface area contributed by atoms with Gasteiger partial charge < -0.3 is 4.90 Å². The third-order valence-corrected chi connectivity index (χ3v) is 3.47. The highest BCUT2D eigenvalue weighted by atomic mass is 16.2. The molecule has 0 aromatic heterocycles. The molecule has 2 nitrogen and oxygen atoms in total. The van der Waals surface area contributed by atoms with Crippen molar-refractivity contribution in [1.82, 2.24) is 4.90 Å². The van der Waals surface area contributed by atoms with Crippen molar-refractivity contribution in [3.8, 4) is 0 Å². The van der Waals surface area contributed by atoms with Gasteiger partial charge in [-0.05, 0) is 31.6 Å². The van der Waals surface area contributed by atoms with E-state index in [1.807, 2.05) is 25.7 Å². The molecule has 0 N–H and O–H groups in total. The van der Waals surface area contributed by atoms with Crippen LogP contribution in [0.2, 0.25) is 0 Å². The van der Waals surface area contributed by atoms with Crippen LogP contribution in [0, 0.1) is 11.3 Å². The Morgan fingerprint density at radius 3 is 2.63 bits per heavy atom. The molecule has 19 heavy (non-hydrogen) atoms. The van der Waals surface area contributed by atoms with Crippen molar-refractivity contribution in [2.75, 3.05) is 13.1 Å². The standard InChI is InChI=1S/C17H29NO/c1-5-13-18(16(19)17(2,3)4)14-9-12-15-10-7-6-8-11-15/h6-7,9,12,15H,5,8,10-11,13-14H2,1-4H3/b12-9+. The first-order chi connectivity index (χ1) is 8.95. The van der Waals surface area contributed by atoms with Crippen LogP contribution in [0.4, 0.5) is 0 Å². The van der Waals surface area contributed by atoms with Crippen LogP contribution in [0.1, 0.15) is 53.4 Å². The molecule has 0 bridgehead atoms. The van der Waals surface area contributed by atoms with Crippen LogP contribution >= 0.6 is 0 Å². The Morgan fingerprint density at radius 1 is 1.37 bits per heavy atom. The Morgan fingerprint density at radius 2 is 2.11 bits per heavy atom. The molecule has 2 heteroatoms. The molecule has 0 heterocycles. The highest BCUT2D eigenvalue weighted by Gasteiger charge is 2.25. The van der Waals surface area contributed by atoms with Crippen molar-refractivity contribution in [3.05, 3.63) is 24.3 Å². The Balaban J connectivity index is 2.51. The topological polar surface area (TPSA) is 20.3 Å². The maximum Gasteiger partial charge on any atom is 0.228 e. The molecule has 1 aliphatic carbocycles. The molecule has 1 unspecified atom stereocenters. The van der Waals surface area contributed by atoms with Crippen molar-refractivity contribution in [3.63, 3.8) is 0 Å². The maximum atomic E-state index is 12.3. The highest BCUT2D eigenvalue weighted by Crippen LogP contribution is 2.20. The molecule has 108 valence electrons. The zero-order valence-corrected chi connectivity index (χ0v) is 13.0. The van der Waals surface area contributed by atoms with E-state index in [0.29, 0.717) is 5.92 Å². The average molecular weight is 263 g/mol. The monoisotopic (exact) mass is 263 g/mol. The number of hydrogen-bond donors (Lipinski definition) is 0. The largest absolute Gasteiger partial charge is 0.339 e. The second kappa shape index (κ2) is 7.52. The van der Waals surface area contributed by atoms with E-state index in [4.69, 9.17) is 0 Å². The van der Waals surface area contributed by atoms with Gasteiger partial charge in [-0.15, -0.1) is 0 Å². The summed E-state index contributed by atoms with van der Waals surface area (Å²) in [7, 11) is 0. The normalized spacial score (nSPS) is 19.9. The van der Waals surface area contributed by atoms with Crippen molar-refractivity contribution >= 4 is 5.91 Å². The molecule has 0 fully saturated rings. The van der Waals surface area contributed by atoms with Gasteiger partial charge in [-0.3, -0.25) is 4.79 Å². The Kier molecular flexibility index (Phi) is 6.33. The van der Waals surface area contributed by atoms with Gasteiger partial charge in [0, 0.05) is 18.5 Å². The van der Waals surface area contributed by atoms with E-state index < -0.39 is 0 Å². The number of allylic oxidation sites excluding steroid dienone is 3. The van der Waals surface area contributed by atoms with E-state index in [2.05, 4.69) is 31.2 Å². The van der Waals surface area contributed by atoms with Crippen molar-refractivity contribution in [2.24, 2.45) is 11.3 Å². The number of amides is 1. The fraction of sp³-hybridized carbons (Fsp3) is 0.706. The van der Waals surface area contributed by atoms with Crippen LogP contribution in [-0.4, -0.2) is 23.9 Å². The first-order valence-corrected chi connectivity index (χ1v) is 7.56. The fourth-order valence-corrected chi connectivity index (χ4v) is 2.39. The summed E-state index contributed by atoms with van der Waals surface area (Å²) >= 11 is 0. The average Bonchev–Trinajstić information content (AvgIpc) is 2.37. The number of hydrogen-bond acceptors (Lipinski definition) is 1. The smallest absolute Gasteiger partial charge is 0.228 e. The minimum Gasteiger partial charge on any atom is -0.339 e. The van der Waals surface area contributed by atoms with E-state index in [0.717, 1.165) is 25.9 Å². The molecule has 0 aromatic rings. The van der Waals surface area contributed by atoms with Gasteiger partial charge in [-0.1, -0.05) is 52.0 Å². The minimum absolute atomic E-state index is 0.252. The van der Waals surface area contributed by atoms with Gasteiger partial charge in [0.1, 0.15) is 0 Å². The first kappa shape index (κ1) is 16.0. The van der Waals surface area contributed by atoms with Crippen LogP contribution < -0.4 is 0 Å². The lowest BCUT2D eigenvalue weighted by Gasteiger charge is -2.28. The third kappa shape index (κ3) is 5.63. The molecule has 1 rings (SSSR count). The minimum atomic E-state index is -0.281. The summed E-state index contributed by atoms with van der Waals surface area (Å²) in [4.78, 5) is 14.3. The lowest BCUT2D eigenvalue weighted by molar-refractivity contribution is -0.138. The summed E-state index contributed by atoms with van der Waals surface area (Å²) in [6.45, 7) is 9.71. The van der Waals surface area contributed by atoms with E-state index in [-0.39, 0.29) is 11.3 Å². The van der Waals surface area contributed by atoms with E-state index in [9.17, 15) is 4.79 Å². The van der Waals surface area contributed by atoms with E-state index in [1.54, 1.807) is 0 Å². The van der Waals surface area contributed by atoms with Gasteiger partial charge >= 0.3 is 0 Å². The molecule has 0 saturated carbocycles. The zero-order valence-electron chi connectivity index (χ0n) is 13.0. The van der Waals surface area contributed by atoms with Crippen LogP contribution in [-0.2, 0) is 4.79 Å². The number of carbonyl (C=O) groups is 1. The Hall–Kier alpha value is -1.05. The zero-order chi connectivity index (χ0) is 14.3. The fourth-order valence-electron chi connectivity index (χ4n) is 2.39. The summed E-state index contributed by atoms with van der Waals surface area (Å²) in [6, 6.07) is 0. The molecule has 0 aliphatic heterocycles. The Labute approximate surface area is 118 Å². The molecule has 1 amide bonds. The van der Waals surface area contributed by atoms with Gasteiger partial charge in [0.15, 0.2) is 0 Å². The van der Waals surface area contributed by atoms with Crippen LogP contribution in [0.5, 0.6) is 0 Å². The molecule has 0 saturated heterocycles. The number of rotatable bonds is 5. The third-order valence-electron chi connectivity index (χ3n) is 3.47. The highest BCUT2D eigenvalue weighted by molar-refractivity contribution is 5.81. The molecular formula is C17H29NO. The molecule has 0 aromatic carbocycles. The van der Waals surface area contributed by atoms with Gasteiger partial charge in [0.05, 0.1) is 0 Å². The second-order valence-corrected chi connectivity index (χ2v) is 6.47. The predicted molar refractivity (Wildman–Crippen MR) is 81.9 cm³/mol. The van der Waals surface area contributed by atoms with Crippen LogP contribution in [0.15, 0.2) is 24.3 Å². The van der Waals surface area contributed by atoms with E-state index >= 15 is 0 Å². The Bertz CT molecular complexity index is 336. The van der Waals surface area contributed by atoms with Crippen molar-refractivity contribution in [1.29, 1.82) is 0 Å². The molecule has 1 atom stereocenters.